The molecule has 1 unspecified atom stereocenters. The van der Waals surface area contributed by atoms with Gasteiger partial charge in [0.15, 0.2) is 0 Å². The number of aliphatic hydroxyl groups excluding tert-OH is 1. The standard InChI is InChI=1S/C16H20FN3O3/c1-5-14(21)13-9-18-20(19-13)10-6-7-11(12(17)8-10)15(22)23-16(2,3)4/h6-9,14,21H,5H2,1-4H3. The van der Waals surface area contributed by atoms with Crippen molar-refractivity contribution in [2.45, 2.75) is 45.8 Å². The van der Waals surface area contributed by atoms with Gasteiger partial charge in [0.05, 0.1) is 23.6 Å². The van der Waals surface area contributed by atoms with Crippen LogP contribution >= 0.6 is 0 Å². The van der Waals surface area contributed by atoms with Crippen LogP contribution in [0.1, 0.15) is 56.3 Å². The first-order chi connectivity index (χ1) is 10.7. The molecule has 0 saturated carbocycles. The number of rotatable bonds is 4. The van der Waals surface area contributed by atoms with E-state index in [1.165, 1.54) is 23.1 Å². The van der Waals surface area contributed by atoms with Gasteiger partial charge in [-0.1, -0.05) is 6.92 Å². The predicted molar refractivity (Wildman–Crippen MR) is 81.7 cm³/mol. The second-order valence-corrected chi connectivity index (χ2v) is 6.15. The summed E-state index contributed by atoms with van der Waals surface area (Å²) in [5.41, 5.74) is -0.0881. The maximum atomic E-state index is 14.2. The molecule has 1 aromatic heterocycles. The maximum absolute atomic E-state index is 14.2. The summed E-state index contributed by atoms with van der Waals surface area (Å²) in [5.74, 6) is -1.44. The number of carbonyl (C=O) groups is 1. The first-order valence-electron chi connectivity index (χ1n) is 7.35. The third kappa shape index (κ3) is 4.13. The molecule has 7 heteroatoms. The fourth-order valence-corrected chi connectivity index (χ4v) is 1.89. The third-order valence-corrected chi connectivity index (χ3v) is 3.04. The Morgan fingerprint density at radius 1 is 1.43 bits per heavy atom. The molecule has 0 saturated heterocycles. The minimum atomic E-state index is -0.725. The smallest absolute Gasteiger partial charge is 0.341 e. The highest BCUT2D eigenvalue weighted by Crippen LogP contribution is 2.18. The van der Waals surface area contributed by atoms with Crippen molar-refractivity contribution >= 4 is 5.97 Å². The molecule has 6 nitrogen and oxygen atoms in total. The lowest BCUT2D eigenvalue weighted by atomic mass is 10.1. The van der Waals surface area contributed by atoms with E-state index in [2.05, 4.69) is 10.2 Å². The first kappa shape index (κ1) is 17.1. The van der Waals surface area contributed by atoms with Gasteiger partial charge in [0.25, 0.3) is 0 Å². The highest BCUT2D eigenvalue weighted by Gasteiger charge is 2.21. The van der Waals surface area contributed by atoms with Crippen LogP contribution < -0.4 is 0 Å². The van der Waals surface area contributed by atoms with Crippen LogP contribution in [0, 0.1) is 5.82 Å². The van der Waals surface area contributed by atoms with E-state index >= 15 is 0 Å². The summed E-state index contributed by atoms with van der Waals surface area (Å²) < 4.78 is 19.3. The molecular weight excluding hydrogens is 301 g/mol. The molecule has 0 aliphatic carbocycles. The molecule has 23 heavy (non-hydrogen) atoms. The van der Waals surface area contributed by atoms with Crippen LogP contribution in [0.4, 0.5) is 4.39 Å². The number of benzene rings is 1. The van der Waals surface area contributed by atoms with E-state index in [4.69, 9.17) is 4.74 Å². The number of carbonyl (C=O) groups excluding carboxylic acids is 1. The van der Waals surface area contributed by atoms with Crippen molar-refractivity contribution < 1.29 is 19.0 Å². The summed E-state index contributed by atoms with van der Waals surface area (Å²) in [6, 6.07) is 4.00. The van der Waals surface area contributed by atoms with Crippen molar-refractivity contribution in [3.05, 3.63) is 41.5 Å². The molecule has 0 aliphatic rings. The molecule has 0 radical (unpaired) electrons. The number of esters is 1. The van der Waals surface area contributed by atoms with Crippen molar-refractivity contribution in [2.24, 2.45) is 0 Å². The Kier molecular flexibility index (Phi) is 4.79. The predicted octanol–water partition coefficient (Wildman–Crippen LogP) is 2.81. The van der Waals surface area contributed by atoms with Gasteiger partial charge < -0.3 is 9.84 Å². The van der Waals surface area contributed by atoms with E-state index in [9.17, 15) is 14.3 Å². The van der Waals surface area contributed by atoms with Crippen molar-refractivity contribution in [3.63, 3.8) is 0 Å². The monoisotopic (exact) mass is 321 g/mol. The van der Waals surface area contributed by atoms with E-state index in [0.29, 0.717) is 17.8 Å². The van der Waals surface area contributed by atoms with Gasteiger partial charge in [0, 0.05) is 6.07 Å². The molecule has 0 amide bonds. The summed E-state index contributed by atoms with van der Waals surface area (Å²) in [4.78, 5) is 13.1. The van der Waals surface area contributed by atoms with Gasteiger partial charge in [0.1, 0.15) is 17.1 Å². The quantitative estimate of drug-likeness (QED) is 0.876. The van der Waals surface area contributed by atoms with Crippen molar-refractivity contribution in [3.8, 4) is 5.69 Å². The minimum Gasteiger partial charge on any atom is -0.456 e. The Labute approximate surface area is 133 Å². The zero-order valence-corrected chi connectivity index (χ0v) is 13.6. The number of hydrogen-bond acceptors (Lipinski definition) is 5. The Bertz CT molecular complexity index is 707. The fourth-order valence-electron chi connectivity index (χ4n) is 1.89. The Morgan fingerprint density at radius 2 is 2.13 bits per heavy atom. The highest BCUT2D eigenvalue weighted by atomic mass is 19.1. The number of aromatic nitrogens is 3. The number of aliphatic hydroxyl groups is 1. The first-order valence-corrected chi connectivity index (χ1v) is 7.35. The zero-order valence-electron chi connectivity index (χ0n) is 13.6. The van der Waals surface area contributed by atoms with E-state index in [1.54, 1.807) is 20.8 Å². The molecule has 1 heterocycles. The summed E-state index contributed by atoms with van der Waals surface area (Å²) in [7, 11) is 0. The molecule has 0 bridgehead atoms. The lowest BCUT2D eigenvalue weighted by Gasteiger charge is -2.19. The van der Waals surface area contributed by atoms with E-state index in [0.717, 1.165) is 6.07 Å². The molecule has 0 spiro atoms. The Hall–Kier alpha value is -2.28. The summed E-state index contributed by atoms with van der Waals surface area (Å²) in [6.45, 7) is 6.96. The average Bonchev–Trinajstić information content (AvgIpc) is 2.94. The molecule has 2 aromatic rings. The maximum Gasteiger partial charge on any atom is 0.341 e. The van der Waals surface area contributed by atoms with Gasteiger partial charge in [0.2, 0.25) is 0 Å². The Balaban J connectivity index is 2.25. The van der Waals surface area contributed by atoms with Crippen LogP contribution in [0.25, 0.3) is 5.69 Å². The highest BCUT2D eigenvalue weighted by molar-refractivity contribution is 5.90. The second kappa shape index (κ2) is 6.45. The lowest BCUT2D eigenvalue weighted by molar-refractivity contribution is 0.00647. The summed E-state index contributed by atoms with van der Waals surface area (Å²) in [5, 5.41) is 17.8. The minimum absolute atomic E-state index is 0.148. The van der Waals surface area contributed by atoms with Crippen LogP contribution in [-0.2, 0) is 4.74 Å². The van der Waals surface area contributed by atoms with Gasteiger partial charge in [-0.15, -0.1) is 0 Å². The van der Waals surface area contributed by atoms with Crippen LogP contribution in [0.2, 0.25) is 0 Å². The SMILES string of the molecule is CCC(O)c1cnn(-c2ccc(C(=O)OC(C)(C)C)c(F)c2)n1. The molecule has 0 fully saturated rings. The van der Waals surface area contributed by atoms with Gasteiger partial charge in [-0.2, -0.15) is 15.0 Å². The van der Waals surface area contributed by atoms with Crippen molar-refractivity contribution in [1.29, 1.82) is 0 Å². The van der Waals surface area contributed by atoms with Crippen molar-refractivity contribution in [2.75, 3.05) is 0 Å². The van der Waals surface area contributed by atoms with Gasteiger partial charge in [-0.05, 0) is 39.3 Å². The van der Waals surface area contributed by atoms with E-state index < -0.39 is 23.5 Å². The number of hydrogen-bond donors (Lipinski definition) is 1. The molecule has 1 N–H and O–H groups in total. The molecule has 1 atom stereocenters. The number of nitrogens with zero attached hydrogens (tertiary/aromatic N) is 3. The molecule has 0 aliphatic heterocycles. The van der Waals surface area contributed by atoms with E-state index in [1.807, 2.05) is 6.92 Å². The van der Waals surface area contributed by atoms with Gasteiger partial charge in [-0.3, -0.25) is 0 Å². The lowest BCUT2D eigenvalue weighted by Crippen LogP contribution is -2.24. The van der Waals surface area contributed by atoms with Crippen LogP contribution in [-0.4, -0.2) is 31.7 Å². The molecule has 2 rings (SSSR count). The normalized spacial score (nSPS) is 13.0. The van der Waals surface area contributed by atoms with Gasteiger partial charge in [-0.25, -0.2) is 9.18 Å². The van der Waals surface area contributed by atoms with Crippen LogP contribution in [0.5, 0.6) is 0 Å². The second-order valence-electron chi connectivity index (χ2n) is 6.15. The van der Waals surface area contributed by atoms with Crippen molar-refractivity contribution in [1.82, 2.24) is 15.0 Å². The fraction of sp³-hybridized carbons (Fsp3) is 0.438. The largest absolute Gasteiger partial charge is 0.456 e. The molecule has 1 aromatic carbocycles. The summed E-state index contributed by atoms with van der Waals surface area (Å²) >= 11 is 0. The third-order valence-electron chi connectivity index (χ3n) is 3.04. The molecule has 124 valence electrons. The van der Waals surface area contributed by atoms with Crippen LogP contribution in [0.15, 0.2) is 24.4 Å². The van der Waals surface area contributed by atoms with Gasteiger partial charge >= 0.3 is 5.97 Å². The molecular formula is C16H20FN3O3. The zero-order chi connectivity index (χ0) is 17.2. The average molecular weight is 321 g/mol. The number of halogens is 1. The number of ether oxygens (including phenoxy) is 1. The topological polar surface area (TPSA) is 77.2 Å². The van der Waals surface area contributed by atoms with E-state index in [-0.39, 0.29) is 5.56 Å². The van der Waals surface area contributed by atoms with Crippen LogP contribution in [0.3, 0.4) is 0 Å². The summed E-state index contributed by atoms with van der Waals surface area (Å²) in [6.07, 6.45) is 1.22. The Morgan fingerprint density at radius 3 is 2.70 bits per heavy atom.